The summed E-state index contributed by atoms with van der Waals surface area (Å²) >= 11 is 0. The van der Waals surface area contributed by atoms with E-state index in [2.05, 4.69) is 5.32 Å². The van der Waals surface area contributed by atoms with E-state index in [4.69, 9.17) is 4.74 Å². The van der Waals surface area contributed by atoms with Crippen LogP contribution >= 0.6 is 0 Å². The van der Waals surface area contributed by atoms with Gasteiger partial charge in [-0.05, 0) is 29.2 Å². The van der Waals surface area contributed by atoms with Crippen LogP contribution in [-0.2, 0) is 9.59 Å². The molecule has 2 unspecified atom stereocenters. The number of carbonyl (C=O) groups excluding carboxylic acids is 1. The van der Waals surface area contributed by atoms with Gasteiger partial charge in [-0.25, -0.2) is 9.18 Å². The molecule has 0 aliphatic heterocycles. The molecule has 0 bridgehead atoms. The lowest BCUT2D eigenvalue weighted by Crippen LogP contribution is -2.34. The second-order valence-corrected chi connectivity index (χ2v) is 5.75. The Morgan fingerprint density at radius 1 is 1.16 bits per heavy atom. The van der Waals surface area contributed by atoms with Crippen molar-refractivity contribution in [1.82, 2.24) is 5.32 Å². The van der Waals surface area contributed by atoms with E-state index in [0.29, 0.717) is 0 Å². The number of benzene rings is 2. The highest BCUT2D eigenvalue weighted by molar-refractivity contribution is 5.85. The summed E-state index contributed by atoms with van der Waals surface area (Å²) in [6.07, 6.45) is 0.131. The molecular formula is C19H20FNO4. The van der Waals surface area contributed by atoms with Crippen LogP contribution in [0.3, 0.4) is 0 Å². The molecule has 0 radical (unpaired) electrons. The summed E-state index contributed by atoms with van der Waals surface area (Å²) in [5.41, 5.74) is 1.13. The van der Waals surface area contributed by atoms with Gasteiger partial charge in [0.1, 0.15) is 0 Å². The molecule has 2 rings (SSSR count). The molecule has 25 heavy (non-hydrogen) atoms. The fourth-order valence-corrected chi connectivity index (χ4v) is 2.55. The zero-order valence-corrected chi connectivity index (χ0v) is 14.0. The highest BCUT2D eigenvalue weighted by atomic mass is 19.1. The Hall–Kier alpha value is -2.89. The molecule has 2 N–H and O–H groups in total. The van der Waals surface area contributed by atoms with E-state index in [-0.39, 0.29) is 23.7 Å². The van der Waals surface area contributed by atoms with E-state index in [1.54, 1.807) is 0 Å². The number of halogens is 1. The number of hydrogen-bond donors (Lipinski definition) is 2. The molecule has 0 heterocycles. The molecule has 5 nitrogen and oxygen atoms in total. The molecule has 2 aromatic rings. The fraction of sp³-hybridized carbons (Fsp3) is 0.263. The number of nitrogens with one attached hydrogen (secondary N) is 1. The summed E-state index contributed by atoms with van der Waals surface area (Å²) in [6.45, 7) is 1.89. The molecule has 0 aliphatic rings. The average Bonchev–Trinajstić information content (AvgIpc) is 2.60. The quantitative estimate of drug-likeness (QED) is 0.807. The highest BCUT2D eigenvalue weighted by Crippen LogP contribution is 2.23. The minimum atomic E-state index is -1.32. The van der Waals surface area contributed by atoms with E-state index < -0.39 is 23.7 Å². The third kappa shape index (κ3) is 4.79. The predicted molar refractivity (Wildman–Crippen MR) is 90.9 cm³/mol. The average molecular weight is 345 g/mol. The molecule has 2 atom stereocenters. The first-order valence-corrected chi connectivity index (χ1v) is 7.83. The van der Waals surface area contributed by atoms with E-state index in [0.717, 1.165) is 11.6 Å². The van der Waals surface area contributed by atoms with Crippen LogP contribution in [0.25, 0.3) is 0 Å². The van der Waals surface area contributed by atoms with Gasteiger partial charge in [0, 0.05) is 6.42 Å². The maximum Gasteiger partial charge on any atom is 0.330 e. The van der Waals surface area contributed by atoms with Crippen molar-refractivity contribution in [2.24, 2.45) is 0 Å². The van der Waals surface area contributed by atoms with Gasteiger partial charge in [-0.1, -0.05) is 43.3 Å². The Labute approximate surface area is 145 Å². The van der Waals surface area contributed by atoms with Gasteiger partial charge in [-0.3, -0.25) is 4.79 Å². The number of rotatable bonds is 7. The monoisotopic (exact) mass is 345 g/mol. The second kappa shape index (κ2) is 8.28. The van der Waals surface area contributed by atoms with Gasteiger partial charge in [0.05, 0.1) is 7.11 Å². The Kier molecular flexibility index (Phi) is 6.11. The van der Waals surface area contributed by atoms with Crippen molar-refractivity contribution < 1.29 is 23.8 Å². The zero-order chi connectivity index (χ0) is 18.4. The molecule has 132 valence electrons. The number of methoxy groups -OCH3 is 1. The lowest BCUT2D eigenvalue weighted by Gasteiger charge is -2.17. The van der Waals surface area contributed by atoms with Crippen LogP contribution in [-0.4, -0.2) is 24.1 Å². The van der Waals surface area contributed by atoms with Crippen LogP contribution in [0.2, 0.25) is 0 Å². The van der Waals surface area contributed by atoms with Gasteiger partial charge in [0.15, 0.2) is 17.6 Å². The third-order valence-corrected chi connectivity index (χ3v) is 3.92. The first-order chi connectivity index (χ1) is 11.9. The van der Waals surface area contributed by atoms with Crippen molar-refractivity contribution in [2.45, 2.75) is 25.3 Å². The van der Waals surface area contributed by atoms with E-state index in [1.807, 2.05) is 37.3 Å². The summed E-state index contributed by atoms with van der Waals surface area (Å²) < 4.78 is 18.6. The molecule has 0 spiro atoms. The Bertz CT molecular complexity index is 748. The summed E-state index contributed by atoms with van der Waals surface area (Å²) in [6, 6.07) is 11.9. The second-order valence-electron chi connectivity index (χ2n) is 5.75. The van der Waals surface area contributed by atoms with Gasteiger partial charge in [0.25, 0.3) is 0 Å². The number of aliphatic carboxylic acids is 1. The molecule has 6 heteroatoms. The van der Waals surface area contributed by atoms with Gasteiger partial charge in [-0.15, -0.1) is 0 Å². The first kappa shape index (κ1) is 18.4. The summed E-state index contributed by atoms with van der Waals surface area (Å²) in [4.78, 5) is 23.7. The lowest BCUT2D eigenvalue weighted by molar-refractivity contribution is -0.142. The van der Waals surface area contributed by atoms with E-state index in [9.17, 15) is 19.1 Å². The normalized spacial score (nSPS) is 12.9. The third-order valence-electron chi connectivity index (χ3n) is 3.92. The smallest absolute Gasteiger partial charge is 0.330 e. The molecular weight excluding hydrogens is 325 g/mol. The maximum absolute atomic E-state index is 13.8. The molecule has 0 saturated heterocycles. The minimum absolute atomic E-state index is 0.0110. The van der Waals surface area contributed by atoms with Crippen molar-refractivity contribution in [3.8, 4) is 5.75 Å². The fourth-order valence-electron chi connectivity index (χ4n) is 2.55. The predicted octanol–water partition coefficient (Wildman–Crippen LogP) is 3.27. The molecule has 1 amide bonds. The van der Waals surface area contributed by atoms with Crippen LogP contribution in [0.15, 0.2) is 48.5 Å². The number of ether oxygens (including phenoxy) is 1. The summed E-state index contributed by atoms with van der Waals surface area (Å²) in [5.74, 6) is -2.41. The van der Waals surface area contributed by atoms with Crippen LogP contribution < -0.4 is 10.1 Å². The van der Waals surface area contributed by atoms with Gasteiger partial charge >= 0.3 is 5.97 Å². The van der Waals surface area contributed by atoms with Crippen molar-refractivity contribution >= 4 is 11.9 Å². The van der Waals surface area contributed by atoms with Crippen molar-refractivity contribution in [1.29, 1.82) is 0 Å². The van der Waals surface area contributed by atoms with Crippen LogP contribution in [0.5, 0.6) is 5.75 Å². The van der Waals surface area contributed by atoms with Crippen molar-refractivity contribution in [2.75, 3.05) is 7.11 Å². The standard InChI is InChI=1S/C19H20FNO4/c1-12(13-6-4-3-5-7-13)10-17(22)21-18(19(23)24)14-8-9-16(25-2)15(20)11-14/h3-9,11-12,18H,10H2,1-2H3,(H,21,22)(H,23,24). The number of hydrogen-bond acceptors (Lipinski definition) is 3. The van der Waals surface area contributed by atoms with Gasteiger partial charge in [-0.2, -0.15) is 0 Å². The van der Waals surface area contributed by atoms with Crippen molar-refractivity contribution in [3.05, 3.63) is 65.5 Å². The SMILES string of the molecule is COc1ccc(C(NC(=O)CC(C)c2ccccc2)C(=O)O)cc1F. The Morgan fingerprint density at radius 3 is 2.40 bits per heavy atom. The number of carboxylic acid groups (broad SMARTS) is 1. The maximum atomic E-state index is 13.8. The highest BCUT2D eigenvalue weighted by Gasteiger charge is 2.24. The largest absolute Gasteiger partial charge is 0.494 e. The number of amides is 1. The summed E-state index contributed by atoms with van der Waals surface area (Å²) in [7, 11) is 1.32. The molecule has 0 aliphatic carbocycles. The van der Waals surface area contributed by atoms with Crippen LogP contribution in [0, 0.1) is 5.82 Å². The Morgan fingerprint density at radius 2 is 1.84 bits per heavy atom. The van der Waals surface area contributed by atoms with Gasteiger partial charge in [0.2, 0.25) is 5.91 Å². The summed E-state index contributed by atoms with van der Waals surface area (Å²) in [5, 5.41) is 11.8. The van der Waals surface area contributed by atoms with Gasteiger partial charge < -0.3 is 15.2 Å². The molecule has 0 fully saturated rings. The van der Waals surface area contributed by atoms with Crippen molar-refractivity contribution in [3.63, 3.8) is 0 Å². The first-order valence-electron chi connectivity index (χ1n) is 7.83. The number of carboxylic acids is 1. The van der Waals surface area contributed by atoms with E-state index in [1.165, 1.54) is 19.2 Å². The zero-order valence-electron chi connectivity index (χ0n) is 14.0. The van der Waals surface area contributed by atoms with Crippen LogP contribution in [0.1, 0.15) is 36.4 Å². The van der Waals surface area contributed by atoms with Crippen LogP contribution in [0.4, 0.5) is 4.39 Å². The topological polar surface area (TPSA) is 75.6 Å². The molecule has 0 aromatic heterocycles. The lowest BCUT2D eigenvalue weighted by atomic mass is 9.97. The molecule has 0 saturated carbocycles. The Balaban J connectivity index is 2.10. The minimum Gasteiger partial charge on any atom is -0.494 e. The van der Waals surface area contributed by atoms with E-state index >= 15 is 0 Å². The number of carbonyl (C=O) groups is 2. The molecule has 2 aromatic carbocycles.